The van der Waals surface area contributed by atoms with E-state index in [0.29, 0.717) is 0 Å². The number of benzene rings is 4. The largest absolute Gasteiger partial charge is 0.275 e. The maximum Gasteiger partial charge on any atom is 0.222 e. The first kappa shape index (κ1) is 40.3. The Balaban J connectivity index is 0.000000692. The summed E-state index contributed by atoms with van der Waals surface area (Å²) in [4.78, 5) is 4.83. The minimum Gasteiger partial charge on any atom is -0.275 e. The zero-order valence-electron chi connectivity index (χ0n) is 24.9. The van der Waals surface area contributed by atoms with Gasteiger partial charge in [-0.05, 0) is 0 Å². The highest BCUT2D eigenvalue weighted by Gasteiger charge is 2.52. The Labute approximate surface area is 279 Å². The van der Waals surface area contributed by atoms with Crippen LogP contribution in [0, 0.1) is 116 Å². The molecule has 5 aromatic rings. The highest BCUT2D eigenvalue weighted by Crippen LogP contribution is 2.30. The van der Waals surface area contributed by atoms with Gasteiger partial charge < -0.3 is 0 Å². The Morgan fingerprint density at radius 2 is 0.472 bits per heavy atom. The summed E-state index contributed by atoms with van der Waals surface area (Å²) in [7, 11) is 1.62. The van der Waals surface area contributed by atoms with Crippen LogP contribution in [0.5, 0.6) is 0 Å². The van der Waals surface area contributed by atoms with Crippen molar-refractivity contribution < 1.29 is 97.4 Å². The van der Waals surface area contributed by atoms with Crippen LogP contribution in [0.2, 0.25) is 0 Å². The lowest BCUT2D eigenvalue weighted by molar-refractivity contribution is -0.885. The monoisotopic (exact) mass is 789 g/mol. The van der Waals surface area contributed by atoms with Crippen molar-refractivity contribution in [3.8, 4) is 0 Å². The first-order valence-electron chi connectivity index (χ1n) is 13.4. The predicted molar refractivity (Wildman–Crippen MR) is 138 cm³/mol. The van der Waals surface area contributed by atoms with Crippen molar-refractivity contribution in [2.75, 3.05) is 7.11 Å². The molecule has 0 saturated heterocycles. The first-order chi connectivity index (χ1) is 24.6. The molecule has 0 spiro atoms. The molecule has 0 atom stereocenters. The fourth-order valence-corrected chi connectivity index (χ4v) is 5.38. The van der Waals surface area contributed by atoms with E-state index in [1.807, 2.05) is 30.6 Å². The van der Waals surface area contributed by atoms with Gasteiger partial charge in [0, 0.05) is 16.9 Å². The van der Waals surface area contributed by atoms with Crippen molar-refractivity contribution >= 4 is 28.0 Å². The number of aromatic nitrogens is 1. The summed E-state index contributed by atoms with van der Waals surface area (Å²) in [6.07, 6.45) is -3.55. The summed E-state index contributed by atoms with van der Waals surface area (Å²) in [5.74, 6) is -71.4. The lowest BCUT2D eigenvalue weighted by Gasteiger charge is -2.44. The zero-order valence-corrected chi connectivity index (χ0v) is 24.9. The maximum atomic E-state index is 15.4. The molecule has 0 bridgehead atoms. The van der Waals surface area contributed by atoms with Crippen LogP contribution >= 0.6 is 0 Å². The van der Waals surface area contributed by atoms with Crippen LogP contribution in [0.25, 0.3) is 0 Å². The summed E-state index contributed by atoms with van der Waals surface area (Å²) < 4.78 is 296. The van der Waals surface area contributed by atoms with Crippen molar-refractivity contribution in [1.29, 1.82) is 0 Å². The number of nitrogens with zero attached hydrogens (tertiary/aromatic N) is 1. The van der Waals surface area contributed by atoms with Crippen LogP contribution in [0.1, 0.15) is 0 Å². The third-order valence-corrected chi connectivity index (χ3v) is 7.61. The molecule has 5 rings (SSSR count). The van der Waals surface area contributed by atoms with Gasteiger partial charge in [0.1, 0.15) is 59.8 Å². The van der Waals surface area contributed by atoms with Gasteiger partial charge in [-0.2, -0.15) is 0 Å². The number of hydrogen-bond acceptors (Lipinski definition) is 1. The van der Waals surface area contributed by atoms with Crippen molar-refractivity contribution in [2.45, 2.75) is 0 Å². The smallest absolute Gasteiger partial charge is 0.222 e. The molecule has 0 amide bonds. The molecular weight excluding hydrogens is 781 g/mol. The molecule has 0 radical (unpaired) electrons. The molecule has 0 N–H and O–H groups in total. The van der Waals surface area contributed by atoms with E-state index >= 15 is 35.1 Å². The van der Waals surface area contributed by atoms with Crippen molar-refractivity contribution in [1.82, 2.24) is 0 Å². The van der Waals surface area contributed by atoms with E-state index in [1.54, 1.807) is 11.8 Å². The van der Waals surface area contributed by atoms with Crippen LogP contribution in [0.3, 0.4) is 0 Å². The number of halogens is 20. The third kappa shape index (κ3) is 5.94. The SMILES string of the molecule is CO[n+]1ccccc1.Fc1c(F)c(F)c([B-](c2c(F)c(F)c(F)c(F)c2F)(c2c(F)c(F)c(F)c(F)c2F)c2c(F)c(F)c(F)c(F)c2F)c(F)c1F. The second kappa shape index (κ2) is 14.5. The minimum atomic E-state index is -7.22. The Kier molecular flexibility index (Phi) is 11.0. The maximum absolute atomic E-state index is 15.4. The van der Waals surface area contributed by atoms with Crippen molar-refractivity contribution in [3.63, 3.8) is 0 Å². The second-order valence-corrected chi connectivity index (χ2v) is 10.2. The molecule has 0 aliphatic rings. The Hall–Kier alpha value is -5.51. The fraction of sp³-hybridized carbons (Fsp3) is 0.0333. The van der Waals surface area contributed by atoms with Crippen LogP contribution in [-0.4, -0.2) is 13.3 Å². The molecule has 282 valence electrons. The average molecular weight is 789 g/mol. The summed E-state index contributed by atoms with van der Waals surface area (Å²) >= 11 is 0. The molecule has 0 aliphatic heterocycles. The minimum absolute atomic E-state index is 1.62. The van der Waals surface area contributed by atoms with Crippen LogP contribution in [0.4, 0.5) is 87.8 Å². The van der Waals surface area contributed by atoms with E-state index in [9.17, 15) is 52.7 Å². The molecule has 53 heavy (non-hydrogen) atoms. The first-order valence-corrected chi connectivity index (χ1v) is 13.4. The van der Waals surface area contributed by atoms with Gasteiger partial charge >= 0.3 is 0 Å². The molecule has 2 nitrogen and oxygen atoms in total. The van der Waals surface area contributed by atoms with Crippen LogP contribution in [-0.2, 0) is 0 Å². The molecule has 4 aromatic carbocycles. The molecule has 23 heteroatoms. The summed E-state index contributed by atoms with van der Waals surface area (Å²) in [6.45, 7) is 0. The highest BCUT2D eigenvalue weighted by atomic mass is 19.2. The van der Waals surface area contributed by atoms with Gasteiger partial charge in [-0.15, -0.1) is 21.9 Å². The average Bonchev–Trinajstić information content (AvgIpc) is 3.15. The van der Waals surface area contributed by atoms with Gasteiger partial charge in [0.15, 0.2) is 69.8 Å². The van der Waals surface area contributed by atoms with E-state index in [1.165, 1.54) is 0 Å². The fourth-order valence-electron chi connectivity index (χ4n) is 5.38. The van der Waals surface area contributed by atoms with Gasteiger partial charge in [-0.25, -0.2) is 87.8 Å². The molecule has 0 aliphatic carbocycles. The van der Waals surface area contributed by atoms with Gasteiger partial charge in [0.2, 0.25) is 12.4 Å². The third-order valence-electron chi connectivity index (χ3n) is 7.61. The summed E-state index contributed by atoms with van der Waals surface area (Å²) in [6, 6.07) is 5.75. The quantitative estimate of drug-likeness (QED) is 0.0714. The normalized spacial score (nSPS) is 11.5. The second-order valence-electron chi connectivity index (χ2n) is 10.2. The standard InChI is InChI=1S/C24BF20.C6H8NO/c26-5-1(6(27)14(35)21(42)13(5)34)25(2-7(28)15(36)22(43)16(37)8(2)29,3-9(30)17(38)23(44)18(39)10(3)31)4-11(32)19(40)24(45)20(41)12(4)33;1-8-7-5-3-2-4-6-7/h;2-6H,1H3/q-1;+1. The van der Waals surface area contributed by atoms with E-state index in [2.05, 4.69) is 0 Å². The summed E-state index contributed by atoms with van der Waals surface area (Å²) in [5.41, 5.74) is -14.3. The lowest BCUT2D eigenvalue weighted by atomic mass is 9.12. The number of pyridine rings is 1. The van der Waals surface area contributed by atoms with Crippen LogP contribution in [0.15, 0.2) is 30.6 Å². The Morgan fingerprint density at radius 3 is 0.623 bits per heavy atom. The number of rotatable bonds is 5. The molecule has 1 aromatic heterocycles. The van der Waals surface area contributed by atoms with Gasteiger partial charge in [0.05, 0.1) is 0 Å². The Morgan fingerprint density at radius 1 is 0.302 bits per heavy atom. The Bertz CT molecular complexity index is 1900. The molecular formula is C30H8BF20NO. The van der Waals surface area contributed by atoms with E-state index in [4.69, 9.17) is 4.84 Å². The van der Waals surface area contributed by atoms with Crippen molar-refractivity contribution in [3.05, 3.63) is 147 Å². The van der Waals surface area contributed by atoms with E-state index in [-0.39, 0.29) is 0 Å². The zero-order chi connectivity index (χ0) is 40.2. The lowest BCUT2D eigenvalue weighted by Crippen LogP contribution is -2.81. The molecule has 0 fully saturated rings. The van der Waals surface area contributed by atoms with Crippen LogP contribution < -0.4 is 31.4 Å². The van der Waals surface area contributed by atoms with E-state index in [0.717, 1.165) is 0 Å². The van der Waals surface area contributed by atoms with Gasteiger partial charge in [0.25, 0.3) is 0 Å². The van der Waals surface area contributed by atoms with E-state index < -0.39 is 144 Å². The molecule has 0 unspecified atom stereocenters. The predicted octanol–water partition coefficient (Wildman–Crippen LogP) is 5.88. The molecule has 1 heterocycles. The van der Waals surface area contributed by atoms with Gasteiger partial charge in [-0.1, -0.05) is 6.07 Å². The highest BCUT2D eigenvalue weighted by molar-refractivity contribution is 7.20. The van der Waals surface area contributed by atoms with Crippen molar-refractivity contribution in [2.24, 2.45) is 0 Å². The topological polar surface area (TPSA) is 13.1 Å². The van der Waals surface area contributed by atoms with Gasteiger partial charge in [-0.3, -0.25) is 4.84 Å². The molecule has 0 saturated carbocycles. The summed E-state index contributed by atoms with van der Waals surface area (Å²) in [5, 5.41) is 0. The number of hydrogen-bond donors (Lipinski definition) is 0.